The first-order chi connectivity index (χ1) is 7.66. The number of methoxy groups -OCH3 is 1. The smallest absolute Gasteiger partial charge is 0.242 e. The normalized spacial score (nSPS) is 19.5. The Bertz CT molecular complexity index is 263. The highest BCUT2D eigenvalue weighted by Gasteiger charge is 2.28. The van der Waals surface area contributed by atoms with Crippen molar-refractivity contribution in [1.29, 1.82) is 0 Å². The first-order valence-corrected chi connectivity index (χ1v) is 5.43. The zero-order valence-electron chi connectivity index (χ0n) is 10.2. The average molecular weight is 266 g/mol. The monoisotopic (exact) mass is 265 g/mol. The van der Waals surface area contributed by atoms with Crippen LogP contribution in [0.15, 0.2) is 0 Å². The molecule has 0 aliphatic carbocycles. The number of ether oxygens (including phenoxy) is 1. The van der Waals surface area contributed by atoms with E-state index in [2.05, 4.69) is 10.6 Å². The maximum atomic E-state index is 11.8. The van der Waals surface area contributed by atoms with Gasteiger partial charge in [-0.25, -0.2) is 0 Å². The molecule has 0 spiro atoms. The molecule has 1 aliphatic heterocycles. The highest BCUT2D eigenvalue weighted by atomic mass is 35.5. The van der Waals surface area contributed by atoms with Gasteiger partial charge in [-0.05, 0) is 6.92 Å². The molecule has 1 fully saturated rings. The van der Waals surface area contributed by atoms with Gasteiger partial charge in [0.2, 0.25) is 11.8 Å². The van der Waals surface area contributed by atoms with Crippen molar-refractivity contribution in [3.05, 3.63) is 0 Å². The van der Waals surface area contributed by atoms with Gasteiger partial charge in [-0.1, -0.05) is 0 Å². The summed E-state index contributed by atoms with van der Waals surface area (Å²) in [6.45, 7) is 4.31. The lowest BCUT2D eigenvalue weighted by Crippen LogP contribution is -2.57. The van der Waals surface area contributed by atoms with E-state index in [4.69, 9.17) is 4.74 Å². The Morgan fingerprint density at radius 2 is 2.35 bits per heavy atom. The van der Waals surface area contributed by atoms with E-state index in [-0.39, 0.29) is 36.8 Å². The molecule has 2 N–H and O–H groups in total. The Kier molecular flexibility index (Phi) is 7.86. The molecule has 6 nitrogen and oxygen atoms in total. The second kappa shape index (κ2) is 8.27. The molecule has 0 aromatic rings. The fourth-order valence-electron chi connectivity index (χ4n) is 1.59. The van der Waals surface area contributed by atoms with Crippen molar-refractivity contribution < 1.29 is 14.3 Å². The molecule has 0 saturated carbocycles. The second-order valence-corrected chi connectivity index (χ2v) is 3.72. The number of rotatable bonds is 5. The number of nitrogens with one attached hydrogen (secondary N) is 2. The van der Waals surface area contributed by atoms with Crippen molar-refractivity contribution >= 4 is 24.2 Å². The summed E-state index contributed by atoms with van der Waals surface area (Å²) in [4.78, 5) is 24.7. The van der Waals surface area contributed by atoms with Crippen LogP contribution in [0.2, 0.25) is 0 Å². The van der Waals surface area contributed by atoms with Crippen molar-refractivity contribution in [2.75, 3.05) is 39.9 Å². The summed E-state index contributed by atoms with van der Waals surface area (Å²) in [5, 5.41) is 5.69. The van der Waals surface area contributed by atoms with E-state index < -0.39 is 0 Å². The van der Waals surface area contributed by atoms with Gasteiger partial charge in [0.05, 0.1) is 13.2 Å². The molecular formula is C10H20ClN3O3. The predicted molar refractivity (Wildman–Crippen MR) is 66.2 cm³/mol. The number of piperazine rings is 1. The lowest BCUT2D eigenvalue weighted by molar-refractivity contribution is -0.141. The Hall–Kier alpha value is -0.850. The van der Waals surface area contributed by atoms with Gasteiger partial charge in [-0.15, -0.1) is 12.4 Å². The van der Waals surface area contributed by atoms with E-state index in [1.807, 2.05) is 0 Å². The number of hydrogen-bond donors (Lipinski definition) is 2. The van der Waals surface area contributed by atoms with Crippen LogP contribution in [0.4, 0.5) is 0 Å². The average Bonchev–Trinajstić information content (AvgIpc) is 2.28. The van der Waals surface area contributed by atoms with Crippen LogP contribution in [-0.2, 0) is 14.3 Å². The molecule has 7 heteroatoms. The molecule has 1 aliphatic rings. The Morgan fingerprint density at radius 1 is 1.65 bits per heavy atom. The van der Waals surface area contributed by atoms with Crippen molar-refractivity contribution in [2.24, 2.45) is 0 Å². The van der Waals surface area contributed by atoms with Crippen LogP contribution in [0.5, 0.6) is 0 Å². The fourth-order valence-corrected chi connectivity index (χ4v) is 1.59. The summed E-state index contributed by atoms with van der Waals surface area (Å²) in [5.74, 6) is -0.130. The molecule has 17 heavy (non-hydrogen) atoms. The number of amides is 2. The first kappa shape index (κ1) is 16.1. The minimum absolute atomic E-state index is 0. The van der Waals surface area contributed by atoms with Crippen LogP contribution < -0.4 is 10.6 Å². The van der Waals surface area contributed by atoms with Gasteiger partial charge in [0.1, 0.15) is 6.04 Å². The summed E-state index contributed by atoms with van der Waals surface area (Å²) < 4.78 is 4.86. The van der Waals surface area contributed by atoms with Gasteiger partial charge >= 0.3 is 0 Å². The van der Waals surface area contributed by atoms with Gasteiger partial charge in [-0.3, -0.25) is 9.59 Å². The quantitative estimate of drug-likeness (QED) is 0.625. The summed E-state index contributed by atoms with van der Waals surface area (Å²) >= 11 is 0. The Morgan fingerprint density at radius 3 is 3.00 bits per heavy atom. The zero-order chi connectivity index (χ0) is 12.0. The lowest BCUT2D eigenvalue weighted by Gasteiger charge is -2.32. The summed E-state index contributed by atoms with van der Waals surface area (Å²) in [7, 11) is 1.61. The van der Waals surface area contributed by atoms with Gasteiger partial charge in [0.25, 0.3) is 0 Å². The third-order valence-electron chi connectivity index (χ3n) is 2.58. The molecule has 0 radical (unpaired) electrons. The molecule has 1 atom stereocenters. The Balaban J connectivity index is 0.00000256. The summed E-state index contributed by atoms with van der Waals surface area (Å²) in [5.41, 5.74) is 0. The number of hydrogen-bond acceptors (Lipinski definition) is 4. The molecule has 1 saturated heterocycles. The van der Waals surface area contributed by atoms with Crippen molar-refractivity contribution in [2.45, 2.75) is 13.0 Å². The maximum Gasteiger partial charge on any atom is 0.242 e. The molecule has 0 aromatic carbocycles. The van der Waals surface area contributed by atoms with E-state index >= 15 is 0 Å². The van der Waals surface area contributed by atoms with Crippen LogP contribution in [0, 0.1) is 0 Å². The van der Waals surface area contributed by atoms with Crippen LogP contribution in [0.25, 0.3) is 0 Å². The van der Waals surface area contributed by atoms with Crippen LogP contribution in [-0.4, -0.2) is 62.7 Å². The van der Waals surface area contributed by atoms with Crippen LogP contribution in [0.1, 0.15) is 6.92 Å². The van der Waals surface area contributed by atoms with E-state index in [0.29, 0.717) is 26.2 Å². The van der Waals surface area contributed by atoms with E-state index in [9.17, 15) is 9.59 Å². The molecule has 2 amide bonds. The van der Waals surface area contributed by atoms with Crippen LogP contribution in [0.3, 0.4) is 0 Å². The van der Waals surface area contributed by atoms with Gasteiger partial charge in [0, 0.05) is 26.7 Å². The van der Waals surface area contributed by atoms with E-state index in [0.717, 1.165) is 0 Å². The highest BCUT2D eigenvalue weighted by molar-refractivity contribution is 5.89. The maximum absolute atomic E-state index is 11.8. The topological polar surface area (TPSA) is 70.7 Å². The number of carbonyl (C=O) groups excluding carboxylic acids is 2. The first-order valence-electron chi connectivity index (χ1n) is 5.43. The van der Waals surface area contributed by atoms with Crippen molar-refractivity contribution in [3.8, 4) is 0 Å². The summed E-state index contributed by atoms with van der Waals surface area (Å²) in [6.07, 6.45) is 0. The number of carbonyl (C=O) groups is 2. The molecule has 1 heterocycles. The van der Waals surface area contributed by atoms with Crippen molar-refractivity contribution in [3.63, 3.8) is 0 Å². The van der Waals surface area contributed by atoms with Crippen LogP contribution >= 0.6 is 12.4 Å². The van der Waals surface area contributed by atoms with Gasteiger partial charge in [-0.2, -0.15) is 0 Å². The molecule has 1 unspecified atom stereocenters. The molecular weight excluding hydrogens is 246 g/mol. The van der Waals surface area contributed by atoms with E-state index in [1.54, 1.807) is 18.9 Å². The minimum Gasteiger partial charge on any atom is -0.383 e. The molecule has 1 rings (SSSR count). The molecule has 0 aromatic heterocycles. The molecule has 100 valence electrons. The lowest BCUT2D eigenvalue weighted by atomic mass is 10.2. The standard InChI is InChI=1S/C10H19N3O3.ClH/c1-8-10(15)12-3-5-13(8)9(14)7-11-4-6-16-2;/h8,11H,3-7H2,1-2H3,(H,12,15);1H. The second-order valence-electron chi connectivity index (χ2n) is 3.72. The highest BCUT2D eigenvalue weighted by Crippen LogP contribution is 2.03. The third kappa shape index (κ3) is 4.89. The van der Waals surface area contributed by atoms with Gasteiger partial charge < -0.3 is 20.3 Å². The summed E-state index contributed by atoms with van der Waals surface area (Å²) in [6, 6.07) is -0.370. The fraction of sp³-hybridized carbons (Fsp3) is 0.800. The largest absolute Gasteiger partial charge is 0.383 e. The predicted octanol–water partition coefficient (Wildman–Crippen LogP) is -1.01. The number of halogens is 1. The third-order valence-corrected chi connectivity index (χ3v) is 2.58. The van der Waals surface area contributed by atoms with Crippen molar-refractivity contribution in [1.82, 2.24) is 15.5 Å². The van der Waals surface area contributed by atoms with Gasteiger partial charge in [0.15, 0.2) is 0 Å². The SMILES string of the molecule is COCCNCC(=O)N1CCNC(=O)C1C.Cl. The minimum atomic E-state index is -0.370. The zero-order valence-corrected chi connectivity index (χ0v) is 11.0. The molecule has 0 bridgehead atoms. The van der Waals surface area contributed by atoms with E-state index in [1.165, 1.54) is 0 Å². The Labute approximate surface area is 107 Å². The number of nitrogens with zero attached hydrogens (tertiary/aromatic N) is 1.